The third-order valence-electron chi connectivity index (χ3n) is 4.20. The van der Waals surface area contributed by atoms with Gasteiger partial charge in [-0.05, 0) is 36.0 Å². The number of benzene rings is 2. The maximum Gasteiger partial charge on any atom is 0.312 e. The summed E-state index contributed by atoms with van der Waals surface area (Å²) in [6.07, 6.45) is 1.30. The number of amides is 3. The Morgan fingerprint density at radius 1 is 1.28 bits per heavy atom. The second-order valence-electron chi connectivity index (χ2n) is 6.36. The summed E-state index contributed by atoms with van der Waals surface area (Å²) in [5.41, 5.74) is -0.204. The summed E-state index contributed by atoms with van der Waals surface area (Å²) in [6.45, 7) is -0.681. The zero-order valence-corrected chi connectivity index (χ0v) is 17.8. The van der Waals surface area contributed by atoms with Crippen molar-refractivity contribution in [2.75, 3.05) is 19.7 Å². The highest BCUT2D eigenvalue weighted by Crippen LogP contribution is 2.32. The number of carbonyl (C=O) groups is 3. The van der Waals surface area contributed by atoms with Crippen molar-refractivity contribution in [1.82, 2.24) is 10.2 Å². The van der Waals surface area contributed by atoms with Crippen molar-refractivity contribution in [3.63, 3.8) is 0 Å². The minimum atomic E-state index is -0.687. The minimum Gasteiger partial charge on any atom is -0.477 e. The van der Waals surface area contributed by atoms with Crippen molar-refractivity contribution >= 4 is 52.2 Å². The molecule has 2 aromatic carbocycles. The summed E-state index contributed by atoms with van der Waals surface area (Å²) in [6, 6.07) is 9.60. The summed E-state index contributed by atoms with van der Waals surface area (Å²) >= 11 is 6.39. The molecule has 0 spiro atoms. The quantitative estimate of drug-likeness (QED) is 0.349. The predicted molar refractivity (Wildman–Crippen MR) is 116 cm³/mol. The van der Waals surface area contributed by atoms with Gasteiger partial charge in [-0.1, -0.05) is 29.8 Å². The fourth-order valence-corrected chi connectivity index (χ4v) is 3.71. The van der Waals surface area contributed by atoms with Crippen LogP contribution in [0.1, 0.15) is 5.56 Å². The first-order valence-electron chi connectivity index (χ1n) is 9.09. The largest absolute Gasteiger partial charge is 0.477 e. The Balaban J connectivity index is 1.52. The fraction of sp³-hybridized carbons (Fsp3) is 0.150. The number of nitrogens with one attached hydrogen (secondary N) is 1. The molecule has 1 saturated heterocycles. The molecule has 2 aromatic rings. The molecule has 0 saturated carbocycles. The van der Waals surface area contributed by atoms with Gasteiger partial charge in [0.1, 0.15) is 5.82 Å². The Bertz CT molecular complexity index is 1130. The molecule has 12 heteroatoms. The van der Waals surface area contributed by atoms with Crippen LogP contribution in [-0.4, -0.2) is 46.6 Å². The van der Waals surface area contributed by atoms with Crippen LogP contribution >= 0.6 is 23.4 Å². The van der Waals surface area contributed by atoms with Crippen molar-refractivity contribution in [3.05, 3.63) is 73.9 Å². The lowest BCUT2D eigenvalue weighted by molar-refractivity contribution is -0.385. The molecule has 0 unspecified atom stereocenters. The SMILES string of the molecule is O=C(COc1ccc(Cl)cc1[N+](=O)[O-])NCCN1C(=O)S/C(=C\c2ccccc2F)C1=O. The Morgan fingerprint density at radius 2 is 2.03 bits per heavy atom. The van der Waals surface area contributed by atoms with Crippen molar-refractivity contribution in [1.29, 1.82) is 0 Å². The molecule has 32 heavy (non-hydrogen) atoms. The van der Waals surface area contributed by atoms with Gasteiger partial charge in [0.25, 0.3) is 17.1 Å². The predicted octanol–water partition coefficient (Wildman–Crippen LogP) is 3.62. The van der Waals surface area contributed by atoms with Gasteiger partial charge in [0.15, 0.2) is 12.4 Å². The molecular weight excluding hydrogens is 465 g/mol. The molecule has 0 atom stereocenters. The van der Waals surface area contributed by atoms with Crippen LogP contribution < -0.4 is 10.1 Å². The Kier molecular flexibility index (Phi) is 7.44. The van der Waals surface area contributed by atoms with Crippen molar-refractivity contribution in [2.24, 2.45) is 0 Å². The number of carbonyl (C=O) groups excluding carboxylic acids is 3. The lowest BCUT2D eigenvalue weighted by Gasteiger charge is -2.13. The van der Waals surface area contributed by atoms with E-state index in [1.807, 2.05) is 0 Å². The smallest absolute Gasteiger partial charge is 0.312 e. The van der Waals surface area contributed by atoms with Gasteiger partial charge in [-0.15, -0.1) is 0 Å². The Morgan fingerprint density at radius 3 is 2.75 bits per heavy atom. The first-order valence-corrected chi connectivity index (χ1v) is 10.3. The maximum absolute atomic E-state index is 13.8. The topological polar surface area (TPSA) is 119 Å². The number of nitro benzene ring substituents is 1. The number of imide groups is 1. The van der Waals surface area contributed by atoms with E-state index in [2.05, 4.69) is 5.32 Å². The molecule has 1 aliphatic heterocycles. The van der Waals surface area contributed by atoms with E-state index in [1.165, 1.54) is 36.4 Å². The van der Waals surface area contributed by atoms with Gasteiger partial charge in [0.2, 0.25) is 0 Å². The second-order valence-corrected chi connectivity index (χ2v) is 7.79. The van der Waals surface area contributed by atoms with Gasteiger partial charge in [0.05, 0.1) is 9.83 Å². The molecule has 3 rings (SSSR count). The molecule has 1 N–H and O–H groups in total. The monoisotopic (exact) mass is 479 g/mol. The molecule has 0 aliphatic carbocycles. The molecule has 0 aromatic heterocycles. The second kappa shape index (κ2) is 10.2. The van der Waals surface area contributed by atoms with Crippen LogP contribution in [0.25, 0.3) is 6.08 Å². The highest BCUT2D eigenvalue weighted by molar-refractivity contribution is 8.18. The van der Waals surface area contributed by atoms with E-state index in [-0.39, 0.29) is 40.0 Å². The summed E-state index contributed by atoms with van der Waals surface area (Å²) in [5, 5.41) is 13.1. The number of thioether (sulfide) groups is 1. The maximum atomic E-state index is 13.8. The third-order valence-corrected chi connectivity index (χ3v) is 5.34. The van der Waals surface area contributed by atoms with Crippen LogP contribution in [0.2, 0.25) is 5.02 Å². The number of nitro groups is 1. The average Bonchev–Trinajstić information content (AvgIpc) is 3.01. The Labute approximate surface area is 190 Å². The summed E-state index contributed by atoms with van der Waals surface area (Å²) in [7, 11) is 0. The molecular formula is C20H15ClFN3O6S. The van der Waals surface area contributed by atoms with Crippen LogP contribution in [0.5, 0.6) is 5.75 Å². The van der Waals surface area contributed by atoms with E-state index >= 15 is 0 Å². The number of halogens is 2. The van der Waals surface area contributed by atoms with Crippen LogP contribution in [0, 0.1) is 15.9 Å². The highest BCUT2D eigenvalue weighted by atomic mass is 35.5. The van der Waals surface area contributed by atoms with Crippen LogP contribution in [0.4, 0.5) is 14.9 Å². The van der Waals surface area contributed by atoms with Crippen molar-refractivity contribution in [3.8, 4) is 5.75 Å². The molecule has 9 nitrogen and oxygen atoms in total. The number of hydrogen-bond acceptors (Lipinski definition) is 7. The van der Waals surface area contributed by atoms with E-state index in [4.69, 9.17) is 16.3 Å². The third kappa shape index (κ3) is 5.62. The van der Waals surface area contributed by atoms with Gasteiger partial charge < -0.3 is 10.1 Å². The van der Waals surface area contributed by atoms with E-state index in [0.717, 1.165) is 11.0 Å². The number of ether oxygens (including phenoxy) is 1. The van der Waals surface area contributed by atoms with Gasteiger partial charge in [-0.25, -0.2) is 4.39 Å². The normalized spacial score (nSPS) is 14.7. The zero-order valence-electron chi connectivity index (χ0n) is 16.2. The molecule has 1 fully saturated rings. The van der Waals surface area contributed by atoms with Crippen LogP contribution in [0.3, 0.4) is 0 Å². The number of nitrogens with zero attached hydrogens (tertiary/aromatic N) is 2. The van der Waals surface area contributed by atoms with E-state index in [9.17, 15) is 28.9 Å². The Hall–Kier alpha value is -3.44. The lowest BCUT2D eigenvalue weighted by atomic mass is 10.2. The molecule has 1 heterocycles. The molecule has 0 radical (unpaired) electrons. The molecule has 3 amide bonds. The fourth-order valence-electron chi connectivity index (χ4n) is 2.68. The van der Waals surface area contributed by atoms with Crippen molar-refractivity contribution in [2.45, 2.75) is 0 Å². The molecule has 0 bridgehead atoms. The minimum absolute atomic E-state index is 0.0596. The first-order chi connectivity index (χ1) is 15.3. The summed E-state index contributed by atoms with van der Waals surface area (Å²) < 4.78 is 18.9. The van der Waals surface area contributed by atoms with Gasteiger partial charge in [-0.3, -0.25) is 29.4 Å². The number of hydrogen-bond donors (Lipinski definition) is 1. The van der Waals surface area contributed by atoms with Gasteiger partial charge in [-0.2, -0.15) is 0 Å². The summed E-state index contributed by atoms with van der Waals surface area (Å²) in [5.74, 6) is -1.85. The molecule has 166 valence electrons. The standard InChI is InChI=1S/C20H15ClFN3O6S/c21-13-5-6-16(15(10-13)25(29)30)31-11-18(26)23-7-8-24-19(27)17(32-20(24)28)9-12-3-1-2-4-14(12)22/h1-6,9-10H,7-8,11H2,(H,23,26)/b17-9-. The summed E-state index contributed by atoms with van der Waals surface area (Å²) in [4.78, 5) is 47.9. The van der Waals surface area contributed by atoms with Gasteiger partial charge >= 0.3 is 5.69 Å². The van der Waals surface area contributed by atoms with Gasteiger partial charge in [0, 0.05) is 29.7 Å². The van der Waals surface area contributed by atoms with Crippen LogP contribution in [-0.2, 0) is 9.59 Å². The van der Waals surface area contributed by atoms with E-state index in [1.54, 1.807) is 6.07 Å². The van der Waals surface area contributed by atoms with E-state index in [0.29, 0.717) is 11.8 Å². The first kappa shape index (κ1) is 23.2. The highest BCUT2D eigenvalue weighted by Gasteiger charge is 2.34. The van der Waals surface area contributed by atoms with Crippen LogP contribution in [0.15, 0.2) is 47.4 Å². The lowest BCUT2D eigenvalue weighted by Crippen LogP contribution is -2.38. The van der Waals surface area contributed by atoms with E-state index < -0.39 is 34.4 Å². The van der Waals surface area contributed by atoms with Crippen molar-refractivity contribution < 1.29 is 28.4 Å². The zero-order chi connectivity index (χ0) is 23.3. The average molecular weight is 480 g/mol. The number of rotatable bonds is 8. The molecule has 1 aliphatic rings.